The molecule has 0 unspecified atom stereocenters. The van der Waals surface area contributed by atoms with Crippen LogP contribution in [0.2, 0.25) is 0 Å². The summed E-state index contributed by atoms with van der Waals surface area (Å²) in [7, 11) is 2.13. The molecule has 15 aromatic heterocycles. The Morgan fingerprint density at radius 3 is 1.24 bits per heavy atom. The van der Waals surface area contributed by atoms with Gasteiger partial charge in [-0.1, -0.05) is 116 Å². The molecule has 0 aliphatic carbocycles. The lowest BCUT2D eigenvalue weighted by Gasteiger charge is -2.33. The van der Waals surface area contributed by atoms with Crippen molar-refractivity contribution in [3.8, 4) is 45.1 Å². The van der Waals surface area contributed by atoms with E-state index in [0.29, 0.717) is 115 Å². The van der Waals surface area contributed by atoms with Crippen LogP contribution in [-0.4, -0.2) is 178 Å². The molecule has 0 saturated carbocycles. The van der Waals surface area contributed by atoms with Gasteiger partial charge in [0, 0.05) is 94.6 Å². The van der Waals surface area contributed by atoms with Gasteiger partial charge >= 0.3 is 0 Å². The van der Waals surface area contributed by atoms with Gasteiger partial charge in [0.1, 0.15) is 59.0 Å². The van der Waals surface area contributed by atoms with Gasteiger partial charge in [-0.25, -0.2) is 48.9 Å². The second-order valence-corrected chi connectivity index (χ2v) is 34.4. The number of nitrogens with two attached hydrogens (primary N) is 4. The van der Waals surface area contributed by atoms with Crippen molar-refractivity contribution in [2.75, 3.05) is 68.0 Å². The van der Waals surface area contributed by atoms with Crippen molar-refractivity contribution < 1.29 is 0 Å². The summed E-state index contributed by atoms with van der Waals surface area (Å²) < 4.78 is 12.9. The molecule has 17 heterocycles. The lowest BCUT2D eigenvalue weighted by molar-refractivity contribution is 0.191. The number of nitrogen functional groups attached to an aromatic ring is 4. The first-order chi connectivity index (χ1) is 66.2. The van der Waals surface area contributed by atoms with E-state index in [1.165, 1.54) is 19.0 Å². The third-order valence-corrected chi connectivity index (χ3v) is 25.8. The summed E-state index contributed by atoms with van der Waals surface area (Å²) in [4.78, 5) is 102. The van der Waals surface area contributed by atoms with Gasteiger partial charge < -0.3 is 52.2 Å². The number of H-pyrrole nitrogens is 4. The average Bonchev–Trinajstić information content (AvgIpc) is 1.17. The molecule has 0 spiro atoms. The molecule has 2 fully saturated rings. The summed E-state index contributed by atoms with van der Waals surface area (Å²) in [5.41, 5.74) is 40.8. The Hall–Kier alpha value is -17.1. The zero-order valence-electron chi connectivity index (χ0n) is 75.7. The highest BCUT2D eigenvalue weighted by Crippen LogP contribution is 2.37. The zero-order valence-corrected chi connectivity index (χ0v) is 75.7. The van der Waals surface area contributed by atoms with Crippen LogP contribution in [0.15, 0.2) is 239 Å². The number of hydrogen-bond donors (Lipinski definition) is 9. The highest BCUT2D eigenvalue weighted by atomic mass is 16.1. The van der Waals surface area contributed by atoms with Gasteiger partial charge in [-0.2, -0.15) is 40.6 Å². The molecule has 0 radical (unpaired) electrons. The molecule has 2 aliphatic rings. The molecule has 136 heavy (non-hydrogen) atoms. The number of para-hydroxylation sites is 2. The summed E-state index contributed by atoms with van der Waals surface area (Å²) in [6, 6.07) is 51.3. The van der Waals surface area contributed by atoms with Gasteiger partial charge in [-0.15, -0.1) is 0 Å². The van der Waals surface area contributed by atoms with Gasteiger partial charge in [0.2, 0.25) is 5.95 Å². The Balaban J connectivity index is 0.000000112. The number of fused-ring (bicyclic) bond motifs is 8. The molecule has 13 N–H and O–H groups in total. The predicted octanol–water partition coefficient (Wildman–Crippen LogP) is 13.0. The van der Waals surface area contributed by atoms with Gasteiger partial charge in [0.15, 0.2) is 28.4 Å². The first-order valence-corrected chi connectivity index (χ1v) is 44.9. The smallest absolute Gasteiger partial charge is 0.263 e. The standard InChI is InChI=1S/C26H29N9O.C25H27N9O.C25H20N8O.C23H21N7O/c1-3-33-9-7-19(8-10-33)35-20(11-17-6-4-5-16(2)21(17)26(35)36)14-34-25-22(24(27)28-15-29-25)23(32-34)18-12-30-31-13-18;1-15-4-3-5-16-10-19(34(25(35)20(15)16)18-6-8-32(2)9-7-18)13-33-24-21(23(26)27-14-28-24)22(31-33)17-11-29-30-12-17;1-15-6-5-7-16-10-19(33(25(34)20(15)16)18-8-3-2-4-9-18)13-32-24-21(23(26)27-14-28-24)22(31-32)17-11-29-30-12-17;1-13-7-6-8-15-11-17(30(22(31)18(13)15)16-9-4-3-5-10-16)14(2)27-21-19-20(26-12-25-19)28-23(24)29-21/h4-6,11-13,15,19H,3,7-10,14H2,1-2H3,(H,30,31)(H2,27,28,29);3-5,10-12,14,18H,6-9,13H2,1-2H3,(H,29,30)(H2,26,27,28);2-12,14H,13H2,1H3,(H,29,30)(H2,26,27,28);3-12,14H,1-2H3,(H4,24,25,26,27,28,29)/t;;;14-/m...0/s1. The maximum absolute atomic E-state index is 14.0. The third kappa shape index (κ3) is 16.4. The van der Waals surface area contributed by atoms with E-state index in [-0.39, 0.29) is 46.3 Å². The second kappa shape index (κ2) is 36.6. The Kier molecular flexibility index (Phi) is 23.4. The number of nitrogens with one attached hydrogen (secondary N) is 5. The minimum atomic E-state index is -0.265. The maximum atomic E-state index is 14.0. The fourth-order valence-electron chi connectivity index (χ4n) is 19.1. The Morgan fingerprint density at radius 1 is 0.434 bits per heavy atom. The number of benzene rings is 6. The Morgan fingerprint density at radius 2 is 0.824 bits per heavy atom. The SMILES string of the molecule is CCN1CCC(n2c(Cn3nc(-c4cn[nH]c4)c4c(N)ncnc43)cc3cccc(C)c3c2=O)CC1.Cc1cccc2cc(Cn3nc(-c4cn[nH]c4)c4c(N)ncnc43)n(-c3ccccc3)c(=O)c12.Cc1cccc2cc(Cn3nc(-c4cn[nH]c4)c4c(N)ncnc43)n(C3CCN(C)CC3)c(=O)c12.Cc1cccc2cc([C@H](C)Nc3nc(N)nc4nc[nH]c34)n(-c3ccccc3)c(=O)c12. The van der Waals surface area contributed by atoms with Crippen molar-refractivity contribution in [1.29, 1.82) is 0 Å². The van der Waals surface area contributed by atoms with Crippen LogP contribution in [0.1, 0.15) is 103 Å². The van der Waals surface area contributed by atoms with Crippen molar-refractivity contribution in [1.82, 2.24) is 138 Å². The van der Waals surface area contributed by atoms with E-state index in [9.17, 15) is 19.2 Å². The van der Waals surface area contributed by atoms with E-state index in [2.05, 4.69) is 122 Å². The number of likely N-dealkylation sites (tertiary alicyclic amines) is 2. The topological polar surface area (TPSA) is 482 Å². The highest BCUT2D eigenvalue weighted by molar-refractivity contribution is 6.01. The zero-order chi connectivity index (χ0) is 93.7. The number of hydrogen-bond acceptors (Lipinski definition) is 26. The van der Waals surface area contributed by atoms with Gasteiger partial charge in [-0.3, -0.25) is 43.6 Å². The van der Waals surface area contributed by atoms with Crippen LogP contribution in [0, 0.1) is 27.7 Å². The fraction of sp³-hybridized carbons (Fsp3) is 0.222. The number of nitrogens with zero attached hydrogens (tertiary/aromatic N) is 24. The lowest BCUT2D eigenvalue weighted by atomic mass is 10.0. The summed E-state index contributed by atoms with van der Waals surface area (Å²) in [6.07, 6.45) is 20.0. The van der Waals surface area contributed by atoms with E-state index in [0.717, 1.165) is 164 Å². The van der Waals surface area contributed by atoms with E-state index in [1.54, 1.807) is 57.3 Å². The summed E-state index contributed by atoms with van der Waals surface area (Å²) in [6.45, 7) is 18.1. The number of anilines is 5. The molecule has 0 bridgehead atoms. The number of imidazole rings is 1. The minimum Gasteiger partial charge on any atom is -0.383 e. The molecule has 2 saturated heterocycles. The van der Waals surface area contributed by atoms with Crippen LogP contribution < -0.4 is 50.5 Å². The van der Waals surface area contributed by atoms with Crippen LogP contribution >= 0.6 is 0 Å². The van der Waals surface area contributed by atoms with E-state index in [1.807, 2.05) is 199 Å². The van der Waals surface area contributed by atoms with Crippen LogP contribution in [0.3, 0.4) is 0 Å². The molecule has 37 nitrogen and oxygen atoms in total. The molecule has 21 aromatic rings. The Labute approximate surface area is 775 Å². The highest BCUT2D eigenvalue weighted by Gasteiger charge is 2.31. The predicted molar refractivity (Wildman–Crippen MR) is 528 cm³/mol. The van der Waals surface area contributed by atoms with Gasteiger partial charge in [0.05, 0.1) is 88.3 Å². The average molecular weight is 1810 g/mol. The van der Waals surface area contributed by atoms with Gasteiger partial charge in [0.25, 0.3) is 22.2 Å². The number of aryl methyl sites for hydroxylation is 4. The summed E-state index contributed by atoms with van der Waals surface area (Å²) in [5, 5.41) is 47.2. The molecule has 0 amide bonds. The van der Waals surface area contributed by atoms with Crippen molar-refractivity contribution in [3.05, 3.63) is 307 Å². The largest absolute Gasteiger partial charge is 0.383 e. The second-order valence-electron chi connectivity index (χ2n) is 34.4. The van der Waals surface area contributed by atoms with Gasteiger partial charge in [-0.05, 0) is 179 Å². The first kappa shape index (κ1) is 86.9. The first-order valence-electron chi connectivity index (χ1n) is 44.9. The van der Waals surface area contributed by atoms with E-state index < -0.39 is 0 Å². The molecule has 23 rings (SSSR count). The Bertz CT molecular complexity index is 8330. The number of aromatic amines is 4. The van der Waals surface area contributed by atoms with Crippen molar-refractivity contribution in [3.63, 3.8) is 0 Å². The lowest BCUT2D eigenvalue weighted by Crippen LogP contribution is -2.38. The number of pyridine rings is 4. The van der Waals surface area contributed by atoms with Crippen molar-refractivity contribution in [2.45, 2.75) is 105 Å². The minimum absolute atomic E-state index is 0.0562. The maximum Gasteiger partial charge on any atom is 0.263 e. The molecule has 6 aromatic carbocycles. The summed E-state index contributed by atoms with van der Waals surface area (Å²) >= 11 is 0. The number of piperidine rings is 2. The molecular formula is C99H97N33O4. The van der Waals surface area contributed by atoms with E-state index in [4.69, 9.17) is 38.2 Å². The van der Waals surface area contributed by atoms with E-state index >= 15 is 0 Å². The molecule has 682 valence electrons. The van der Waals surface area contributed by atoms with Crippen LogP contribution in [-0.2, 0) is 19.6 Å². The third-order valence-electron chi connectivity index (χ3n) is 25.8. The van der Waals surface area contributed by atoms with Crippen LogP contribution in [0.5, 0.6) is 0 Å². The van der Waals surface area contributed by atoms with Crippen molar-refractivity contribution in [2.24, 2.45) is 0 Å². The fourth-order valence-corrected chi connectivity index (χ4v) is 19.1. The molecular weight excluding hydrogens is 1720 g/mol. The quantitative estimate of drug-likeness (QED) is 0.0409. The molecule has 37 heteroatoms. The molecule has 2 aliphatic heterocycles. The molecule has 1 atom stereocenters. The normalized spacial score (nSPS) is 13.7. The van der Waals surface area contributed by atoms with Crippen LogP contribution in [0.25, 0.3) is 133 Å². The number of aromatic nitrogens is 26. The monoisotopic (exact) mass is 1810 g/mol. The van der Waals surface area contributed by atoms with Crippen LogP contribution in [0.4, 0.5) is 29.2 Å². The summed E-state index contributed by atoms with van der Waals surface area (Å²) in [5.74, 6) is 1.72. The number of rotatable bonds is 17. The van der Waals surface area contributed by atoms with Crippen molar-refractivity contribution >= 4 is 117 Å².